The van der Waals surface area contributed by atoms with Gasteiger partial charge in [-0.2, -0.15) is 0 Å². The van der Waals surface area contributed by atoms with Crippen LogP contribution in [0.25, 0.3) is 5.76 Å². The first-order valence-electron chi connectivity index (χ1n) is 9.45. The molecule has 0 aliphatic rings. The van der Waals surface area contributed by atoms with Crippen LogP contribution in [0.2, 0.25) is 0 Å². The van der Waals surface area contributed by atoms with Crippen molar-refractivity contribution in [3.63, 3.8) is 0 Å². The van der Waals surface area contributed by atoms with Gasteiger partial charge in [0.05, 0.1) is 12.2 Å². The van der Waals surface area contributed by atoms with Gasteiger partial charge in [0, 0.05) is 11.1 Å². The van der Waals surface area contributed by atoms with E-state index in [0.29, 0.717) is 11.1 Å². The van der Waals surface area contributed by atoms with E-state index in [2.05, 4.69) is 0 Å². The first-order chi connectivity index (χ1) is 14.6. The van der Waals surface area contributed by atoms with Gasteiger partial charge in [0.15, 0.2) is 11.3 Å². The van der Waals surface area contributed by atoms with Gasteiger partial charge in [-0.15, -0.1) is 0 Å². The van der Waals surface area contributed by atoms with Gasteiger partial charge in [-0.1, -0.05) is 78.9 Å². The van der Waals surface area contributed by atoms with Crippen LogP contribution in [0.5, 0.6) is 0 Å². The standard InChI is InChI=1S/C25H20O5/c1-2-29-25(28)21(22(26)18-12-6-3-7-13-18)23(19-14-8-4-9-15-19)30-24(27)20-16-10-5-11-17-20/h3-17H,2H2,1H3. The van der Waals surface area contributed by atoms with Crippen LogP contribution in [0.1, 0.15) is 33.2 Å². The van der Waals surface area contributed by atoms with Crippen LogP contribution < -0.4 is 0 Å². The molecule has 0 bridgehead atoms. The maximum Gasteiger partial charge on any atom is 0.346 e. The van der Waals surface area contributed by atoms with Gasteiger partial charge in [-0.3, -0.25) is 4.79 Å². The molecule has 5 nitrogen and oxygen atoms in total. The zero-order valence-electron chi connectivity index (χ0n) is 16.4. The molecule has 3 aromatic carbocycles. The third-order valence-corrected chi connectivity index (χ3v) is 4.21. The van der Waals surface area contributed by atoms with Crippen molar-refractivity contribution in [2.75, 3.05) is 6.61 Å². The Bertz CT molecular complexity index is 1050. The molecule has 3 rings (SSSR count). The molecule has 150 valence electrons. The summed E-state index contributed by atoms with van der Waals surface area (Å²) in [7, 11) is 0. The lowest BCUT2D eigenvalue weighted by atomic mass is 9.99. The number of carbonyl (C=O) groups excluding carboxylic acids is 3. The molecule has 0 unspecified atom stereocenters. The van der Waals surface area contributed by atoms with Gasteiger partial charge in [0.2, 0.25) is 5.78 Å². The molecule has 0 atom stereocenters. The summed E-state index contributed by atoms with van der Waals surface area (Å²) in [6.45, 7) is 1.71. The zero-order valence-corrected chi connectivity index (χ0v) is 16.4. The molecular formula is C25H20O5. The molecule has 3 aromatic rings. The number of esters is 2. The minimum Gasteiger partial charge on any atom is -0.462 e. The number of benzene rings is 3. The number of rotatable bonds is 7. The molecule has 0 spiro atoms. The Labute approximate surface area is 174 Å². The van der Waals surface area contributed by atoms with E-state index in [9.17, 15) is 14.4 Å². The molecule has 5 heteroatoms. The van der Waals surface area contributed by atoms with Crippen LogP contribution in [-0.2, 0) is 14.3 Å². The third kappa shape index (κ3) is 4.89. The summed E-state index contributed by atoms with van der Waals surface area (Å²) >= 11 is 0. The van der Waals surface area contributed by atoms with E-state index in [0.717, 1.165) is 0 Å². The summed E-state index contributed by atoms with van der Waals surface area (Å²) in [6.07, 6.45) is 0. The molecule has 30 heavy (non-hydrogen) atoms. The number of ketones is 1. The normalized spacial score (nSPS) is 11.2. The molecular weight excluding hydrogens is 380 g/mol. The van der Waals surface area contributed by atoms with E-state index in [1.54, 1.807) is 97.9 Å². The van der Waals surface area contributed by atoms with Crippen molar-refractivity contribution < 1.29 is 23.9 Å². The molecule has 0 radical (unpaired) electrons. The van der Waals surface area contributed by atoms with Crippen LogP contribution in [0, 0.1) is 0 Å². The van der Waals surface area contributed by atoms with Crippen molar-refractivity contribution in [2.45, 2.75) is 6.92 Å². The quantitative estimate of drug-likeness (QED) is 0.144. The minimum atomic E-state index is -0.855. The van der Waals surface area contributed by atoms with E-state index >= 15 is 0 Å². The number of ether oxygens (including phenoxy) is 2. The van der Waals surface area contributed by atoms with Crippen molar-refractivity contribution in [2.24, 2.45) is 0 Å². The largest absolute Gasteiger partial charge is 0.462 e. The number of hydrogen-bond donors (Lipinski definition) is 0. The Morgan fingerprint density at radius 2 is 1.13 bits per heavy atom. The molecule has 0 aliphatic carbocycles. The number of carbonyl (C=O) groups is 3. The molecule has 0 aromatic heterocycles. The van der Waals surface area contributed by atoms with E-state index in [1.807, 2.05) is 0 Å². The number of hydrogen-bond acceptors (Lipinski definition) is 5. The highest BCUT2D eigenvalue weighted by atomic mass is 16.5. The van der Waals surface area contributed by atoms with E-state index in [1.165, 1.54) is 0 Å². The van der Waals surface area contributed by atoms with E-state index in [4.69, 9.17) is 9.47 Å². The van der Waals surface area contributed by atoms with E-state index < -0.39 is 17.7 Å². The second-order valence-corrected chi connectivity index (χ2v) is 6.24. The molecule has 0 fully saturated rings. The van der Waals surface area contributed by atoms with Crippen molar-refractivity contribution in [1.82, 2.24) is 0 Å². The topological polar surface area (TPSA) is 69.7 Å². The van der Waals surface area contributed by atoms with Crippen molar-refractivity contribution in [1.29, 1.82) is 0 Å². The Morgan fingerprint density at radius 3 is 1.63 bits per heavy atom. The first-order valence-corrected chi connectivity index (χ1v) is 9.45. The van der Waals surface area contributed by atoms with Crippen LogP contribution >= 0.6 is 0 Å². The van der Waals surface area contributed by atoms with Crippen LogP contribution in [0.4, 0.5) is 0 Å². The second kappa shape index (κ2) is 9.98. The zero-order chi connectivity index (χ0) is 21.3. The summed E-state index contributed by atoms with van der Waals surface area (Å²) in [5.74, 6) is -2.27. The Morgan fingerprint density at radius 1 is 0.667 bits per heavy atom. The van der Waals surface area contributed by atoms with Gasteiger partial charge in [-0.25, -0.2) is 9.59 Å². The van der Waals surface area contributed by atoms with Gasteiger partial charge < -0.3 is 9.47 Å². The van der Waals surface area contributed by atoms with Crippen molar-refractivity contribution in [3.8, 4) is 0 Å². The van der Waals surface area contributed by atoms with Crippen molar-refractivity contribution >= 4 is 23.5 Å². The first kappa shape index (κ1) is 20.7. The fourth-order valence-electron chi connectivity index (χ4n) is 2.80. The second-order valence-electron chi connectivity index (χ2n) is 6.24. The Balaban J connectivity index is 2.16. The van der Waals surface area contributed by atoms with Crippen LogP contribution in [0.3, 0.4) is 0 Å². The summed E-state index contributed by atoms with van der Waals surface area (Å²) in [4.78, 5) is 38.8. The van der Waals surface area contributed by atoms with Crippen molar-refractivity contribution in [3.05, 3.63) is 113 Å². The fraction of sp³-hybridized carbons (Fsp3) is 0.0800. The smallest absolute Gasteiger partial charge is 0.346 e. The SMILES string of the molecule is CCOC(=O)C(C(=O)c1ccccc1)=C(OC(=O)c1ccccc1)c1ccccc1. The predicted octanol–water partition coefficient (Wildman–Crippen LogP) is 4.70. The van der Waals surface area contributed by atoms with Gasteiger partial charge >= 0.3 is 11.9 Å². The molecule has 0 amide bonds. The highest BCUT2D eigenvalue weighted by Crippen LogP contribution is 2.26. The summed E-state index contributed by atoms with van der Waals surface area (Å²) in [5.41, 5.74) is 0.652. The average molecular weight is 400 g/mol. The molecule has 0 heterocycles. The molecule has 0 saturated heterocycles. The Hall–Kier alpha value is -3.99. The minimum absolute atomic E-state index is 0.0686. The average Bonchev–Trinajstić information content (AvgIpc) is 2.80. The van der Waals surface area contributed by atoms with Crippen LogP contribution in [-0.4, -0.2) is 24.3 Å². The maximum absolute atomic E-state index is 13.2. The monoisotopic (exact) mass is 400 g/mol. The van der Waals surface area contributed by atoms with Gasteiger partial charge in [0.25, 0.3) is 0 Å². The lowest BCUT2D eigenvalue weighted by Gasteiger charge is -2.15. The highest BCUT2D eigenvalue weighted by Gasteiger charge is 2.29. The molecule has 0 saturated carbocycles. The van der Waals surface area contributed by atoms with E-state index in [-0.39, 0.29) is 23.5 Å². The van der Waals surface area contributed by atoms with Gasteiger partial charge in [0.1, 0.15) is 0 Å². The number of Topliss-reactive ketones (excluding diaryl/α,β-unsaturated/α-hetero) is 1. The van der Waals surface area contributed by atoms with Crippen LogP contribution in [0.15, 0.2) is 96.6 Å². The van der Waals surface area contributed by atoms with Gasteiger partial charge in [-0.05, 0) is 19.1 Å². The Kier molecular flexibility index (Phi) is 6.90. The summed E-state index contributed by atoms with van der Waals surface area (Å²) < 4.78 is 10.7. The highest BCUT2D eigenvalue weighted by molar-refractivity contribution is 6.28. The fourth-order valence-corrected chi connectivity index (χ4v) is 2.80. The molecule has 0 N–H and O–H groups in total. The summed E-state index contributed by atoms with van der Waals surface area (Å²) in [5, 5.41) is 0. The lowest BCUT2D eigenvalue weighted by molar-refractivity contribution is -0.138. The lowest BCUT2D eigenvalue weighted by Crippen LogP contribution is -2.20. The maximum atomic E-state index is 13.2. The summed E-state index contributed by atoms with van der Waals surface area (Å²) in [6, 6.07) is 25.2. The predicted molar refractivity (Wildman–Crippen MR) is 113 cm³/mol. The third-order valence-electron chi connectivity index (χ3n) is 4.21. The molecule has 0 aliphatic heterocycles.